The molecule has 0 aliphatic carbocycles. The number of sulfone groups is 1. The number of nitrogens with zero attached hydrogens (tertiary/aromatic N) is 1. The predicted octanol–water partition coefficient (Wildman–Crippen LogP) is 3.38. The topological polar surface area (TPSA) is 62.8 Å². The van der Waals surface area contributed by atoms with Crippen molar-refractivity contribution in [1.82, 2.24) is 9.97 Å². The van der Waals surface area contributed by atoms with Crippen molar-refractivity contribution < 1.29 is 12.8 Å². The van der Waals surface area contributed by atoms with Gasteiger partial charge < -0.3 is 4.98 Å². The average Bonchev–Trinajstić information content (AvgIpc) is 2.80. The molecule has 0 unspecified atom stereocenters. The van der Waals surface area contributed by atoms with Gasteiger partial charge in [-0.25, -0.2) is 17.8 Å². The lowest BCUT2D eigenvalue weighted by molar-refractivity contribution is 0.602. The Labute approximate surface area is 134 Å². The Morgan fingerprint density at radius 1 is 1.24 bits per heavy atom. The lowest BCUT2D eigenvalue weighted by atomic mass is 10.2. The zero-order valence-corrected chi connectivity index (χ0v) is 13.9. The van der Waals surface area contributed by atoms with Crippen LogP contribution in [0.25, 0.3) is 22.4 Å². The molecule has 2 aromatic carbocycles. The molecule has 0 aliphatic heterocycles. The third-order valence-electron chi connectivity index (χ3n) is 3.06. The van der Waals surface area contributed by atoms with Crippen LogP contribution in [0.2, 0.25) is 0 Å². The number of H-pyrrole nitrogens is 1. The van der Waals surface area contributed by atoms with E-state index in [-0.39, 0.29) is 10.7 Å². The van der Waals surface area contributed by atoms with Crippen molar-refractivity contribution in [3.05, 3.63) is 45.8 Å². The highest BCUT2D eigenvalue weighted by Gasteiger charge is 2.16. The van der Waals surface area contributed by atoms with Gasteiger partial charge in [0.1, 0.15) is 17.2 Å². The summed E-state index contributed by atoms with van der Waals surface area (Å²) < 4.78 is 37.5. The first kappa shape index (κ1) is 14.5. The molecule has 0 saturated carbocycles. The zero-order chi connectivity index (χ0) is 15.2. The highest BCUT2D eigenvalue weighted by molar-refractivity contribution is 14.1. The molecule has 0 spiro atoms. The van der Waals surface area contributed by atoms with Gasteiger partial charge in [0.2, 0.25) is 0 Å². The number of rotatable bonds is 2. The van der Waals surface area contributed by atoms with Crippen LogP contribution in [-0.2, 0) is 9.84 Å². The predicted molar refractivity (Wildman–Crippen MR) is 87.3 cm³/mol. The van der Waals surface area contributed by atoms with Gasteiger partial charge in [-0.2, -0.15) is 0 Å². The lowest BCUT2D eigenvalue weighted by Crippen LogP contribution is -1.97. The molecule has 4 nitrogen and oxygen atoms in total. The number of hydrogen-bond donors (Lipinski definition) is 1. The van der Waals surface area contributed by atoms with Crippen LogP contribution in [0.3, 0.4) is 0 Å². The monoisotopic (exact) mass is 416 g/mol. The molecule has 7 heteroatoms. The Hall–Kier alpha value is -1.48. The largest absolute Gasteiger partial charge is 0.338 e. The number of hydrogen-bond acceptors (Lipinski definition) is 3. The molecule has 3 rings (SSSR count). The summed E-state index contributed by atoms with van der Waals surface area (Å²) in [7, 11) is -3.36. The van der Waals surface area contributed by atoms with Crippen LogP contribution >= 0.6 is 22.6 Å². The second kappa shape index (κ2) is 5.06. The molecule has 108 valence electrons. The van der Waals surface area contributed by atoms with Gasteiger partial charge in [0.05, 0.1) is 10.4 Å². The fourth-order valence-corrected chi connectivity index (χ4v) is 3.68. The molecule has 0 fully saturated rings. The van der Waals surface area contributed by atoms with Gasteiger partial charge in [-0.05, 0) is 52.9 Å². The van der Waals surface area contributed by atoms with Gasteiger partial charge >= 0.3 is 0 Å². The minimum Gasteiger partial charge on any atom is -0.338 e. The molecule has 3 aromatic rings. The Morgan fingerprint density at radius 3 is 2.67 bits per heavy atom. The molecule has 1 heterocycles. The summed E-state index contributed by atoms with van der Waals surface area (Å²) in [6, 6.07) is 9.32. The van der Waals surface area contributed by atoms with E-state index in [1.165, 1.54) is 18.2 Å². The van der Waals surface area contributed by atoms with Gasteiger partial charge in [-0.1, -0.05) is 6.07 Å². The van der Waals surface area contributed by atoms with Gasteiger partial charge in [0.15, 0.2) is 9.84 Å². The Balaban J connectivity index is 2.27. The molecule has 1 aromatic heterocycles. The Kier molecular flexibility index (Phi) is 3.48. The minimum atomic E-state index is -3.36. The van der Waals surface area contributed by atoms with E-state index in [2.05, 4.69) is 9.97 Å². The van der Waals surface area contributed by atoms with Crippen molar-refractivity contribution in [1.29, 1.82) is 0 Å². The number of fused-ring (bicyclic) bond motifs is 1. The summed E-state index contributed by atoms with van der Waals surface area (Å²) in [5, 5.41) is 0. The fraction of sp³-hybridized carbons (Fsp3) is 0.0714. The Morgan fingerprint density at radius 2 is 2.00 bits per heavy atom. The molecule has 0 amide bonds. The van der Waals surface area contributed by atoms with E-state index >= 15 is 0 Å². The number of aromatic nitrogens is 2. The van der Waals surface area contributed by atoms with Crippen LogP contribution in [-0.4, -0.2) is 24.6 Å². The first-order chi connectivity index (χ1) is 9.86. The molecular weight excluding hydrogens is 406 g/mol. The molecular formula is C14H10FIN2O2S. The molecule has 0 bridgehead atoms. The molecule has 0 aliphatic rings. The number of para-hydroxylation sites is 1. The van der Waals surface area contributed by atoms with E-state index in [9.17, 15) is 12.8 Å². The molecule has 0 atom stereocenters. The van der Waals surface area contributed by atoms with Crippen LogP contribution in [0.5, 0.6) is 0 Å². The first-order valence-electron chi connectivity index (χ1n) is 6.00. The van der Waals surface area contributed by atoms with E-state index in [0.29, 0.717) is 20.4 Å². The second-order valence-electron chi connectivity index (χ2n) is 4.63. The summed E-state index contributed by atoms with van der Waals surface area (Å²) >= 11 is 2.02. The molecule has 0 radical (unpaired) electrons. The van der Waals surface area contributed by atoms with Gasteiger partial charge in [-0.3, -0.25) is 0 Å². The second-order valence-corrected chi connectivity index (χ2v) is 7.78. The quantitative estimate of drug-likeness (QED) is 0.652. The lowest BCUT2D eigenvalue weighted by Gasteiger charge is -2.00. The highest BCUT2D eigenvalue weighted by Crippen LogP contribution is 2.28. The third kappa shape index (κ3) is 2.67. The van der Waals surface area contributed by atoms with Crippen molar-refractivity contribution in [2.45, 2.75) is 4.90 Å². The van der Waals surface area contributed by atoms with E-state index in [4.69, 9.17) is 0 Å². The van der Waals surface area contributed by atoms with E-state index in [1.807, 2.05) is 22.6 Å². The highest BCUT2D eigenvalue weighted by atomic mass is 127. The fourth-order valence-electron chi connectivity index (χ4n) is 2.11. The summed E-state index contributed by atoms with van der Waals surface area (Å²) in [6.07, 6.45) is 1.15. The summed E-state index contributed by atoms with van der Waals surface area (Å²) in [5.74, 6) is 0.196. The maximum atomic E-state index is 13.2. The van der Waals surface area contributed by atoms with Crippen molar-refractivity contribution in [3.63, 3.8) is 0 Å². The van der Waals surface area contributed by atoms with E-state index in [1.54, 1.807) is 18.2 Å². The number of halogens is 2. The van der Waals surface area contributed by atoms with Gasteiger partial charge in [-0.15, -0.1) is 0 Å². The van der Waals surface area contributed by atoms with Crippen molar-refractivity contribution in [3.8, 4) is 11.4 Å². The smallest absolute Gasteiger partial charge is 0.177 e. The summed E-state index contributed by atoms with van der Waals surface area (Å²) in [5.41, 5.74) is 1.76. The number of nitrogens with one attached hydrogen (secondary N) is 1. The van der Waals surface area contributed by atoms with Crippen LogP contribution in [0.4, 0.5) is 4.39 Å². The normalized spacial score (nSPS) is 12.0. The summed E-state index contributed by atoms with van der Waals surface area (Å²) in [4.78, 5) is 7.64. The van der Waals surface area contributed by atoms with E-state index in [0.717, 1.165) is 11.8 Å². The summed E-state index contributed by atoms with van der Waals surface area (Å²) in [6.45, 7) is 0. The maximum Gasteiger partial charge on any atom is 0.177 e. The molecule has 1 N–H and O–H groups in total. The number of benzene rings is 2. The zero-order valence-electron chi connectivity index (χ0n) is 10.9. The number of imidazole rings is 1. The minimum absolute atomic E-state index is 0.180. The third-order valence-corrected chi connectivity index (χ3v) is 5.08. The van der Waals surface area contributed by atoms with Crippen LogP contribution in [0.1, 0.15) is 0 Å². The van der Waals surface area contributed by atoms with Crippen molar-refractivity contribution in [2.75, 3.05) is 6.26 Å². The maximum absolute atomic E-state index is 13.2. The van der Waals surface area contributed by atoms with Crippen LogP contribution in [0.15, 0.2) is 41.3 Å². The van der Waals surface area contributed by atoms with Crippen molar-refractivity contribution in [2.24, 2.45) is 0 Å². The van der Waals surface area contributed by atoms with Crippen LogP contribution in [0, 0.1) is 9.39 Å². The first-order valence-corrected chi connectivity index (χ1v) is 8.97. The van der Waals surface area contributed by atoms with Gasteiger partial charge in [0.25, 0.3) is 0 Å². The standard InChI is InChI=1S/C14H10FIN2O2S/c1-21(19,20)12-4-2-3-11-13(12)18-14(17-11)9-6-5-8(15)7-10(9)16/h2-7H,1H3,(H,17,18). The van der Waals surface area contributed by atoms with Crippen LogP contribution < -0.4 is 0 Å². The average molecular weight is 416 g/mol. The van der Waals surface area contributed by atoms with Gasteiger partial charge in [0, 0.05) is 15.4 Å². The molecule has 0 saturated heterocycles. The molecule has 21 heavy (non-hydrogen) atoms. The van der Waals surface area contributed by atoms with E-state index < -0.39 is 9.84 Å². The number of aromatic amines is 1. The SMILES string of the molecule is CS(=O)(=O)c1cccc2[nH]c(-c3ccc(F)cc3I)nc12. The van der Waals surface area contributed by atoms with Crippen molar-refractivity contribution >= 4 is 43.5 Å². The Bertz CT molecular complexity index is 951.